The maximum atomic E-state index is 12.0. The van der Waals surface area contributed by atoms with Crippen molar-refractivity contribution in [3.8, 4) is 5.75 Å². The Morgan fingerprint density at radius 2 is 1.74 bits per heavy atom. The fourth-order valence-corrected chi connectivity index (χ4v) is 3.79. The van der Waals surface area contributed by atoms with Crippen LogP contribution in [0.25, 0.3) is 0 Å². The van der Waals surface area contributed by atoms with Gasteiger partial charge >= 0.3 is 0 Å². The Balaban J connectivity index is 2.04. The van der Waals surface area contributed by atoms with Gasteiger partial charge in [0, 0.05) is 31.0 Å². The third-order valence-electron chi connectivity index (χ3n) is 5.15. The van der Waals surface area contributed by atoms with Crippen molar-refractivity contribution in [3.05, 3.63) is 29.3 Å². The number of guanidine groups is 1. The van der Waals surface area contributed by atoms with Gasteiger partial charge in [-0.15, -0.1) is 0 Å². The van der Waals surface area contributed by atoms with Crippen LogP contribution in [-0.4, -0.2) is 50.1 Å². The van der Waals surface area contributed by atoms with Crippen molar-refractivity contribution < 1.29 is 14.3 Å². The molecule has 0 aliphatic carbocycles. The van der Waals surface area contributed by atoms with E-state index in [4.69, 9.17) is 21.9 Å². The molecule has 1 aromatic rings. The lowest BCUT2D eigenvalue weighted by atomic mass is 10.1. The summed E-state index contributed by atoms with van der Waals surface area (Å²) in [6.45, 7) is 1.94. The molecule has 1 atom stereocenters. The smallest absolute Gasteiger partial charge is 0.236 e. The molecule has 1 rings (SSSR count). The number of rotatable bonds is 18. The first-order valence-electron chi connectivity index (χ1n) is 11.7. The van der Waals surface area contributed by atoms with Crippen molar-refractivity contribution in [3.63, 3.8) is 0 Å². The predicted molar refractivity (Wildman–Crippen MR) is 144 cm³/mol. The van der Waals surface area contributed by atoms with Gasteiger partial charge in [-0.25, -0.2) is 0 Å². The minimum absolute atomic E-state index is 0.00291. The standard InChI is InChI=1S/C23H40N6O3S2/c24-20(6-3-5-11-29-23(25)26)22(31)28-10-4-1-2-7-21(30)27-12-13-32-19-9-8-17(15-33)18(14-19)16-34/h8-9,14,20,33-34H,1-7,10-13,15-16,24H2,(H,27,30)(H,28,31)(H4,25,26,29)/t20-/m0/s1. The highest BCUT2D eigenvalue weighted by atomic mass is 32.1. The van der Waals surface area contributed by atoms with Gasteiger partial charge in [0.05, 0.1) is 12.6 Å². The number of aliphatic imine (C=N–C) groups is 1. The summed E-state index contributed by atoms with van der Waals surface area (Å²) in [5, 5.41) is 5.71. The molecule has 11 heteroatoms. The zero-order valence-electron chi connectivity index (χ0n) is 19.8. The molecule has 0 fully saturated rings. The van der Waals surface area contributed by atoms with Crippen molar-refractivity contribution in [1.29, 1.82) is 0 Å². The first kappa shape index (κ1) is 29.9. The van der Waals surface area contributed by atoms with E-state index in [9.17, 15) is 9.59 Å². The lowest BCUT2D eigenvalue weighted by Gasteiger charge is -2.12. The summed E-state index contributed by atoms with van der Waals surface area (Å²) in [6, 6.07) is 5.32. The van der Waals surface area contributed by atoms with Gasteiger partial charge in [-0.05, 0) is 55.4 Å². The zero-order chi connectivity index (χ0) is 25.2. The van der Waals surface area contributed by atoms with Gasteiger partial charge in [0.15, 0.2) is 5.96 Å². The SMILES string of the molecule is NC(N)=NCCCC[C@H](N)C(=O)NCCCCCC(=O)NCCOc1ccc(CS)c(CS)c1. The van der Waals surface area contributed by atoms with E-state index in [2.05, 4.69) is 40.9 Å². The van der Waals surface area contributed by atoms with Gasteiger partial charge in [-0.3, -0.25) is 14.6 Å². The van der Waals surface area contributed by atoms with Gasteiger partial charge in [0.25, 0.3) is 0 Å². The summed E-state index contributed by atoms with van der Waals surface area (Å²) in [5.41, 5.74) is 18.6. The van der Waals surface area contributed by atoms with E-state index in [1.165, 1.54) is 0 Å². The van der Waals surface area contributed by atoms with Crippen LogP contribution in [0.2, 0.25) is 0 Å². The number of ether oxygens (including phenoxy) is 1. The molecule has 0 spiro atoms. The monoisotopic (exact) mass is 512 g/mol. The normalized spacial score (nSPS) is 11.5. The Morgan fingerprint density at radius 1 is 0.971 bits per heavy atom. The molecule has 0 heterocycles. The Labute approximate surface area is 213 Å². The van der Waals surface area contributed by atoms with Crippen LogP contribution in [0, 0.1) is 0 Å². The number of amides is 2. The fraction of sp³-hybridized carbons (Fsp3) is 0.609. The van der Waals surface area contributed by atoms with Crippen LogP contribution in [0.3, 0.4) is 0 Å². The average Bonchev–Trinajstić information content (AvgIpc) is 2.82. The molecule has 0 unspecified atom stereocenters. The van der Waals surface area contributed by atoms with Crippen LogP contribution in [0.1, 0.15) is 56.1 Å². The molecule has 0 saturated carbocycles. The van der Waals surface area contributed by atoms with E-state index in [0.717, 1.165) is 49.0 Å². The number of carbonyl (C=O) groups excluding carboxylic acids is 2. The molecule has 0 aliphatic heterocycles. The molecular weight excluding hydrogens is 472 g/mol. The Hall–Kier alpha value is -2.11. The molecule has 0 radical (unpaired) electrons. The molecule has 8 N–H and O–H groups in total. The Bertz CT molecular complexity index is 775. The van der Waals surface area contributed by atoms with Crippen LogP contribution in [0.5, 0.6) is 5.75 Å². The quantitative estimate of drug-likeness (QED) is 0.0683. The van der Waals surface area contributed by atoms with Crippen molar-refractivity contribution in [2.24, 2.45) is 22.2 Å². The number of thiol groups is 2. The summed E-state index contributed by atoms with van der Waals surface area (Å²) >= 11 is 8.64. The van der Waals surface area contributed by atoms with E-state index in [1.807, 2.05) is 18.2 Å². The molecule has 192 valence electrons. The number of hydrogen-bond acceptors (Lipinski definition) is 7. The summed E-state index contributed by atoms with van der Waals surface area (Å²) in [5.74, 6) is 1.97. The van der Waals surface area contributed by atoms with E-state index in [1.54, 1.807) is 0 Å². The van der Waals surface area contributed by atoms with Gasteiger partial charge in [0.1, 0.15) is 12.4 Å². The Kier molecular flexibility index (Phi) is 16.1. The summed E-state index contributed by atoms with van der Waals surface area (Å²) in [7, 11) is 0. The van der Waals surface area contributed by atoms with Crippen molar-refractivity contribution in [2.75, 3.05) is 26.2 Å². The van der Waals surface area contributed by atoms with Crippen LogP contribution in [0.4, 0.5) is 0 Å². The molecule has 2 amide bonds. The third-order valence-corrected chi connectivity index (χ3v) is 5.83. The Morgan fingerprint density at radius 3 is 2.44 bits per heavy atom. The first-order chi connectivity index (χ1) is 16.4. The first-order valence-corrected chi connectivity index (χ1v) is 13.0. The lowest BCUT2D eigenvalue weighted by Crippen LogP contribution is -2.40. The summed E-state index contributed by atoms with van der Waals surface area (Å²) < 4.78 is 5.70. The number of nitrogens with one attached hydrogen (secondary N) is 2. The molecule has 34 heavy (non-hydrogen) atoms. The predicted octanol–water partition coefficient (Wildman–Crippen LogP) is 1.49. The molecule has 0 saturated heterocycles. The minimum Gasteiger partial charge on any atom is -0.492 e. The number of nitrogens with two attached hydrogens (primary N) is 3. The number of unbranched alkanes of at least 4 members (excludes halogenated alkanes) is 3. The molecule has 0 bridgehead atoms. The second-order valence-electron chi connectivity index (χ2n) is 7.96. The largest absolute Gasteiger partial charge is 0.492 e. The highest BCUT2D eigenvalue weighted by molar-refractivity contribution is 7.79. The van der Waals surface area contributed by atoms with Gasteiger partial charge < -0.3 is 32.6 Å². The lowest BCUT2D eigenvalue weighted by molar-refractivity contribution is -0.123. The zero-order valence-corrected chi connectivity index (χ0v) is 21.6. The van der Waals surface area contributed by atoms with E-state index in [0.29, 0.717) is 50.6 Å². The fourth-order valence-electron chi connectivity index (χ4n) is 3.19. The highest BCUT2D eigenvalue weighted by Gasteiger charge is 2.12. The van der Waals surface area contributed by atoms with E-state index in [-0.39, 0.29) is 17.8 Å². The molecule has 0 aromatic heterocycles. The summed E-state index contributed by atoms with van der Waals surface area (Å²) in [4.78, 5) is 27.8. The van der Waals surface area contributed by atoms with Crippen LogP contribution in [0.15, 0.2) is 23.2 Å². The molecule has 1 aromatic carbocycles. The maximum absolute atomic E-state index is 12.0. The second-order valence-corrected chi connectivity index (χ2v) is 8.59. The minimum atomic E-state index is -0.530. The van der Waals surface area contributed by atoms with Crippen molar-refractivity contribution >= 4 is 43.0 Å². The average molecular weight is 513 g/mol. The number of carbonyl (C=O) groups is 2. The maximum Gasteiger partial charge on any atom is 0.236 e. The molecule has 0 aliphatic rings. The third kappa shape index (κ3) is 13.6. The number of nitrogens with zero attached hydrogens (tertiary/aromatic N) is 1. The van der Waals surface area contributed by atoms with Crippen molar-refractivity contribution in [2.45, 2.75) is 62.5 Å². The molecular formula is C23H40N6O3S2. The van der Waals surface area contributed by atoms with Gasteiger partial charge in [-0.2, -0.15) is 25.3 Å². The number of benzene rings is 1. The topological polar surface area (TPSA) is 158 Å². The van der Waals surface area contributed by atoms with Crippen molar-refractivity contribution in [1.82, 2.24) is 10.6 Å². The summed E-state index contributed by atoms with van der Waals surface area (Å²) in [6.07, 6.45) is 5.02. The van der Waals surface area contributed by atoms with Gasteiger partial charge in [-0.1, -0.05) is 12.5 Å². The van der Waals surface area contributed by atoms with Crippen LogP contribution in [-0.2, 0) is 21.1 Å². The van der Waals surface area contributed by atoms with Crippen LogP contribution < -0.4 is 32.6 Å². The van der Waals surface area contributed by atoms with E-state index < -0.39 is 6.04 Å². The second kappa shape index (κ2) is 18.2. The number of hydrogen-bond donors (Lipinski definition) is 7. The highest BCUT2D eigenvalue weighted by Crippen LogP contribution is 2.20. The van der Waals surface area contributed by atoms with Crippen LogP contribution >= 0.6 is 25.3 Å². The van der Waals surface area contributed by atoms with Gasteiger partial charge in [0.2, 0.25) is 11.8 Å². The van der Waals surface area contributed by atoms with E-state index >= 15 is 0 Å². The molecule has 9 nitrogen and oxygen atoms in total.